The number of carbonyl (C=O) groups is 3. The topological polar surface area (TPSA) is 121 Å². The highest BCUT2D eigenvalue weighted by Gasteiger charge is 2.58. The van der Waals surface area contributed by atoms with E-state index >= 15 is 0 Å². The molecule has 0 fully saturated rings. The molecule has 0 bridgehead atoms. The summed E-state index contributed by atoms with van der Waals surface area (Å²) in [6.45, 7) is 8.21. The third-order valence-electron chi connectivity index (χ3n) is 6.17. The summed E-state index contributed by atoms with van der Waals surface area (Å²) in [7, 11) is 0. The van der Waals surface area contributed by atoms with Gasteiger partial charge in [-0.05, 0) is 25.7 Å². The molecule has 0 amide bonds. The number of phenols is 2. The number of esters is 1. The molecule has 0 saturated carbocycles. The molecular formula is C20H24O7. The fourth-order valence-corrected chi connectivity index (χ4v) is 4.73. The summed E-state index contributed by atoms with van der Waals surface area (Å²) in [4.78, 5) is 37.2. The molecule has 146 valence electrons. The van der Waals surface area contributed by atoms with Crippen LogP contribution in [0.15, 0.2) is 0 Å². The number of carboxylic acids is 1. The molecule has 1 aliphatic heterocycles. The number of hydrogen-bond donors (Lipinski definition) is 3. The Bertz CT molecular complexity index is 881. The highest BCUT2D eigenvalue weighted by Crippen LogP contribution is 2.61. The molecule has 3 rings (SSSR count). The van der Waals surface area contributed by atoms with E-state index in [1.165, 1.54) is 13.8 Å². The van der Waals surface area contributed by atoms with Crippen molar-refractivity contribution in [1.82, 2.24) is 0 Å². The van der Waals surface area contributed by atoms with Gasteiger partial charge in [0.2, 0.25) is 0 Å². The molecule has 0 saturated heterocycles. The number of aliphatic carboxylic acids is 1. The van der Waals surface area contributed by atoms with E-state index < -0.39 is 34.5 Å². The summed E-state index contributed by atoms with van der Waals surface area (Å²) >= 11 is 0. The van der Waals surface area contributed by atoms with Gasteiger partial charge in [0.05, 0.1) is 17.4 Å². The van der Waals surface area contributed by atoms with Gasteiger partial charge in [0, 0.05) is 23.0 Å². The molecule has 3 N–H and O–H groups in total. The van der Waals surface area contributed by atoms with Crippen molar-refractivity contribution < 1.29 is 34.4 Å². The Hall–Kier alpha value is -2.57. The predicted octanol–water partition coefficient (Wildman–Crippen LogP) is 3.10. The summed E-state index contributed by atoms with van der Waals surface area (Å²) in [5.41, 5.74) is -1.97. The molecule has 27 heavy (non-hydrogen) atoms. The van der Waals surface area contributed by atoms with Crippen molar-refractivity contribution in [1.29, 1.82) is 0 Å². The van der Waals surface area contributed by atoms with Crippen molar-refractivity contribution in [2.45, 2.75) is 58.8 Å². The van der Waals surface area contributed by atoms with Crippen LogP contribution in [0.3, 0.4) is 0 Å². The monoisotopic (exact) mass is 376 g/mol. The van der Waals surface area contributed by atoms with E-state index in [0.717, 1.165) is 0 Å². The minimum atomic E-state index is -1.31. The van der Waals surface area contributed by atoms with Crippen molar-refractivity contribution in [2.75, 3.05) is 0 Å². The summed E-state index contributed by atoms with van der Waals surface area (Å²) in [6, 6.07) is 0. The Morgan fingerprint density at radius 3 is 2.33 bits per heavy atom. The lowest BCUT2D eigenvalue weighted by Crippen LogP contribution is -2.52. The largest absolute Gasteiger partial charge is 0.507 e. The van der Waals surface area contributed by atoms with Gasteiger partial charge >= 0.3 is 11.9 Å². The molecule has 7 heteroatoms. The highest BCUT2D eigenvalue weighted by atomic mass is 16.5. The molecule has 2 aliphatic rings. The first-order chi connectivity index (χ1) is 12.3. The lowest BCUT2D eigenvalue weighted by atomic mass is 9.53. The summed E-state index contributed by atoms with van der Waals surface area (Å²) in [5, 5.41) is 31.2. The lowest BCUT2D eigenvalue weighted by molar-refractivity contribution is -0.154. The van der Waals surface area contributed by atoms with E-state index in [9.17, 15) is 29.7 Å². The summed E-state index contributed by atoms with van der Waals surface area (Å²) in [6.07, 6.45) is -0.257. The number of carboxylic acid groups (broad SMARTS) is 1. The highest BCUT2D eigenvalue weighted by molar-refractivity contribution is 6.05. The van der Waals surface area contributed by atoms with Crippen molar-refractivity contribution >= 4 is 17.7 Å². The molecule has 2 atom stereocenters. The minimum absolute atomic E-state index is 0.0268. The Morgan fingerprint density at radius 1 is 1.22 bits per heavy atom. The maximum Gasteiger partial charge on any atom is 0.312 e. The van der Waals surface area contributed by atoms with Crippen LogP contribution in [-0.4, -0.2) is 33.0 Å². The standard InChI is InChI=1S/C20H24O7/c1-8(2)12-15(23)13-9(21)6-10(19(3,4)18(25)26)20(5)7-11(22)27-17(14(13)20)16(12)24/h8,10,23-24H,6-7H2,1-5H3,(H,25,26)/t10-,20-/m0/s1. The average molecular weight is 376 g/mol. The van der Waals surface area contributed by atoms with Crippen LogP contribution in [0.5, 0.6) is 17.2 Å². The van der Waals surface area contributed by atoms with E-state index in [0.29, 0.717) is 0 Å². The molecule has 1 aliphatic carbocycles. The minimum Gasteiger partial charge on any atom is -0.507 e. The molecule has 0 radical (unpaired) electrons. The number of carbonyl (C=O) groups excluding carboxylic acids is 2. The fourth-order valence-electron chi connectivity index (χ4n) is 4.73. The maximum atomic E-state index is 13.0. The number of ether oxygens (including phenoxy) is 1. The van der Waals surface area contributed by atoms with Gasteiger partial charge in [-0.3, -0.25) is 14.4 Å². The molecule has 0 aromatic heterocycles. The normalized spacial score (nSPS) is 24.6. The zero-order chi connectivity index (χ0) is 20.5. The lowest BCUT2D eigenvalue weighted by Gasteiger charge is -2.49. The van der Waals surface area contributed by atoms with Crippen molar-refractivity contribution in [3.63, 3.8) is 0 Å². The first-order valence-corrected chi connectivity index (χ1v) is 8.93. The van der Waals surface area contributed by atoms with Gasteiger partial charge in [-0.1, -0.05) is 20.8 Å². The summed E-state index contributed by atoms with van der Waals surface area (Å²) < 4.78 is 5.29. The molecule has 0 unspecified atom stereocenters. The number of rotatable bonds is 3. The van der Waals surface area contributed by atoms with E-state index in [1.807, 2.05) is 0 Å². The number of Topliss-reactive ketones (excluding diaryl/α,β-unsaturated/α-hetero) is 1. The van der Waals surface area contributed by atoms with Gasteiger partial charge in [0.15, 0.2) is 17.3 Å². The van der Waals surface area contributed by atoms with E-state index in [-0.39, 0.29) is 52.7 Å². The number of ketones is 1. The first kappa shape index (κ1) is 19.2. The SMILES string of the molecule is CC(C)c1c(O)c2c3c(c1O)C(=O)C[C@@H](C(C)(C)C(=O)O)[C@]3(C)CC(=O)O2. The molecule has 1 heterocycles. The Labute approximate surface area is 157 Å². The zero-order valence-corrected chi connectivity index (χ0v) is 16.0. The van der Waals surface area contributed by atoms with Crippen molar-refractivity contribution in [2.24, 2.45) is 11.3 Å². The molecule has 1 aromatic carbocycles. The van der Waals surface area contributed by atoms with E-state index in [4.69, 9.17) is 4.74 Å². The molecule has 1 aromatic rings. The smallest absolute Gasteiger partial charge is 0.312 e. The van der Waals surface area contributed by atoms with Crippen LogP contribution in [0, 0.1) is 11.3 Å². The average Bonchev–Trinajstić information content (AvgIpc) is 2.52. The zero-order valence-electron chi connectivity index (χ0n) is 16.0. The molecular weight excluding hydrogens is 352 g/mol. The van der Waals surface area contributed by atoms with Crippen LogP contribution in [0.1, 0.15) is 74.9 Å². The second-order valence-electron chi connectivity index (χ2n) is 8.62. The van der Waals surface area contributed by atoms with Gasteiger partial charge in [0.1, 0.15) is 5.75 Å². The third kappa shape index (κ3) is 2.44. The summed E-state index contributed by atoms with van der Waals surface area (Å²) in [5.74, 6) is -3.96. The van der Waals surface area contributed by atoms with Crippen LogP contribution in [0.2, 0.25) is 0 Å². The number of aromatic hydroxyl groups is 2. The van der Waals surface area contributed by atoms with Crippen LogP contribution in [0.25, 0.3) is 0 Å². The van der Waals surface area contributed by atoms with Gasteiger partial charge in [-0.25, -0.2) is 0 Å². The molecule has 0 spiro atoms. The number of phenolic OH excluding ortho intramolecular Hbond substituents is 2. The van der Waals surface area contributed by atoms with Crippen LogP contribution in [0.4, 0.5) is 0 Å². The number of benzene rings is 1. The third-order valence-corrected chi connectivity index (χ3v) is 6.17. The van der Waals surface area contributed by atoms with Gasteiger partial charge in [0.25, 0.3) is 0 Å². The van der Waals surface area contributed by atoms with E-state index in [2.05, 4.69) is 0 Å². The van der Waals surface area contributed by atoms with Crippen molar-refractivity contribution in [3.05, 3.63) is 16.7 Å². The fraction of sp³-hybridized carbons (Fsp3) is 0.550. The van der Waals surface area contributed by atoms with Gasteiger partial charge in [-0.15, -0.1) is 0 Å². The first-order valence-electron chi connectivity index (χ1n) is 8.93. The van der Waals surface area contributed by atoms with Gasteiger partial charge in [-0.2, -0.15) is 0 Å². The van der Waals surface area contributed by atoms with Crippen LogP contribution in [-0.2, 0) is 15.0 Å². The van der Waals surface area contributed by atoms with Gasteiger partial charge < -0.3 is 20.1 Å². The quantitative estimate of drug-likeness (QED) is 0.547. The van der Waals surface area contributed by atoms with Crippen LogP contribution < -0.4 is 4.74 Å². The number of hydrogen-bond acceptors (Lipinski definition) is 6. The Balaban J connectivity index is 2.42. The second kappa shape index (κ2) is 5.71. The van der Waals surface area contributed by atoms with E-state index in [1.54, 1.807) is 20.8 Å². The Kier molecular flexibility index (Phi) is 4.06. The predicted molar refractivity (Wildman–Crippen MR) is 95.3 cm³/mol. The van der Waals surface area contributed by atoms with Crippen molar-refractivity contribution in [3.8, 4) is 17.2 Å². The second-order valence-corrected chi connectivity index (χ2v) is 8.62. The van der Waals surface area contributed by atoms with Crippen LogP contribution >= 0.6 is 0 Å². The Morgan fingerprint density at radius 2 is 1.81 bits per heavy atom. The maximum absolute atomic E-state index is 13.0. The molecule has 7 nitrogen and oxygen atoms in total.